The van der Waals surface area contributed by atoms with Gasteiger partial charge in [-0.15, -0.1) is 0 Å². The Morgan fingerprint density at radius 1 is 1.20 bits per heavy atom. The molecular weight excluding hydrogens is 160 g/mol. The minimum absolute atomic E-state index is 0. The molecule has 0 aliphatic rings. The van der Waals surface area contributed by atoms with Crippen molar-refractivity contribution in [1.29, 1.82) is 0 Å². The topological polar surface area (TPSA) is 66.5 Å². The second-order valence-electron chi connectivity index (χ2n) is 0.0452. The van der Waals surface area contributed by atoms with E-state index in [1.54, 1.807) is 0 Å². The first-order valence-corrected chi connectivity index (χ1v) is 2.96. The maximum absolute atomic E-state index is 4.70. The van der Waals surface area contributed by atoms with E-state index in [1.807, 2.05) is 0 Å². The zero-order valence-corrected chi connectivity index (χ0v) is 5.02. The largest absolute Gasteiger partial charge is 0.870 e. The molecule has 0 aromatic rings. The number of hydrogen-bond acceptors (Lipinski definition) is 1. The molecule has 5 N–H and O–H groups in total. The summed E-state index contributed by atoms with van der Waals surface area (Å²) in [7, 11) is 9.40. The maximum Gasteiger partial charge on any atom is -0.369 e. The van der Waals surface area contributed by atoms with E-state index in [-0.39, 0.29) is 11.6 Å². The number of quaternary nitrogens is 1. The van der Waals surface area contributed by atoms with Gasteiger partial charge in [0.1, 0.15) is 0 Å². The van der Waals surface area contributed by atoms with Crippen LogP contribution in [0.3, 0.4) is 0 Å². The fraction of sp³-hybridized carbons (Fsp3) is 0. The van der Waals surface area contributed by atoms with Crippen LogP contribution in [-0.2, 0) is 12.7 Å². The third-order valence-corrected chi connectivity index (χ3v) is 0. The molecule has 5 heteroatoms. The molecule has 0 spiro atoms. The Hall–Kier alpha value is 0.994. The van der Waals surface area contributed by atoms with Crippen LogP contribution < -0.4 is 6.15 Å². The average molecular weight is 165 g/mol. The van der Waals surface area contributed by atoms with Crippen LogP contribution in [0.15, 0.2) is 0 Å². The van der Waals surface area contributed by atoms with Crippen molar-refractivity contribution >= 4 is 20.4 Å². The summed E-state index contributed by atoms with van der Waals surface area (Å²) < 4.78 is 0. The van der Waals surface area contributed by atoms with Crippen molar-refractivity contribution in [3.05, 3.63) is 0 Å². The van der Waals surface area contributed by atoms with Crippen LogP contribution >= 0.6 is 20.4 Å². The molecule has 0 fully saturated rings. The Balaban J connectivity index is -0.0000000200. The molecule has 40 valence electrons. The smallest absolute Gasteiger partial charge is 0.369 e. The van der Waals surface area contributed by atoms with Gasteiger partial charge >= 0.3 is 33.0 Å². The van der Waals surface area contributed by atoms with E-state index in [9.17, 15) is 0 Å². The normalized spacial score (nSPS) is 4.40. The first-order chi connectivity index (χ1) is 1.41. The van der Waals surface area contributed by atoms with Gasteiger partial charge in [0.25, 0.3) is 0 Å². The molecule has 0 atom stereocenters. The van der Waals surface area contributed by atoms with Gasteiger partial charge in [0, 0.05) is 0 Å². The van der Waals surface area contributed by atoms with Crippen LogP contribution in [0.2, 0.25) is 0 Å². The molecule has 0 aliphatic carbocycles. The van der Waals surface area contributed by atoms with Crippen LogP contribution in [0.4, 0.5) is 0 Å². The molecule has 0 aromatic heterocycles. The predicted molar refractivity (Wildman–Crippen MR) is 19.6 cm³/mol. The van der Waals surface area contributed by atoms with Crippen LogP contribution in [0.5, 0.6) is 0 Å². The maximum atomic E-state index is 4.70. The second-order valence-corrected chi connectivity index (χ2v) is 1.68. The van der Waals surface area contributed by atoms with Gasteiger partial charge in [-0.2, -0.15) is 0 Å². The van der Waals surface area contributed by atoms with Crippen molar-refractivity contribution in [3.8, 4) is 0 Å². The molecule has 0 saturated heterocycles. The van der Waals surface area contributed by atoms with E-state index in [0.717, 1.165) is 0 Å². The third-order valence-electron chi connectivity index (χ3n) is 0. The van der Waals surface area contributed by atoms with E-state index in [1.165, 1.54) is 0 Å². The average Bonchev–Trinajstić information content (AvgIpc) is 0.918. The molecule has 0 aromatic carbocycles. The second kappa shape index (κ2) is 20.0. The molecule has 0 radical (unpaired) electrons. The van der Waals surface area contributed by atoms with E-state index in [2.05, 4.69) is 0 Å². The summed E-state index contributed by atoms with van der Waals surface area (Å²) in [5.74, 6) is 0. The summed E-state index contributed by atoms with van der Waals surface area (Å²) >= 11 is 0.569. The zero-order chi connectivity index (χ0) is 2.71. The van der Waals surface area contributed by atoms with Crippen LogP contribution in [0.1, 0.15) is 0 Å². The van der Waals surface area contributed by atoms with E-state index >= 15 is 0 Å². The Morgan fingerprint density at radius 3 is 1.20 bits per heavy atom. The van der Waals surface area contributed by atoms with Crippen LogP contribution in [-0.4, -0.2) is 5.48 Å². The molecule has 5 heavy (non-hydrogen) atoms. The summed E-state index contributed by atoms with van der Waals surface area (Å²) in [5, 5.41) is 0. The van der Waals surface area contributed by atoms with Crippen molar-refractivity contribution in [2.75, 3.05) is 0 Å². The molecule has 0 heterocycles. The van der Waals surface area contributed by atoms with Gasteiger partial charge < -0.3 is 11.6 Å². The Bertz CT molecular complexity index is 9.61. The van der Waals surface area contributed by atoms with Crippen molar-refractivity contribution < 1.29 is 18.1 Å². The first-order valence-electron chi connectivity index (χ1n) is 0.239. The number of hydrogen-bond donors (Lipinski definition) is 1. The minimum Gasteiger partial charge on any atom is -0.870 e. The van der Waals surface area contributed by atoms with E-state index in [0.29, 0.717) is 12.7 Å². The molecule has 0 saturated carbocycles. The minimum atomic E-state index is 0. The molecule has 0 aliphatic heterocycles. The fourth-order valence-corrected chi connectivity index (χ4v) is 0. The standard InChI is InChI=1S/2ClH.H3N.Ni.H2O/h2*1H;1H3;;1H2/q;;;+2;/p-2. The summed E-state index contributed by atoms with van der Waals surface area (Å²) in [4.78, 5) is 0. The molecule has 0 bridgehead atoms. The van der Waals surface area contributed by atoms with E-state index < -0.39 is 0 Å². The van der Waals surface area contributed by atoms with Gasteiger partial charge in [0.15, 0.2) is 0 Å². The number of rotatable bonds is 0. The Kier molecular flexibility index (Phi) is 66.8. The third kappa shape index (κ3) is 45.3. The molecular formula is H5Cl2NNiO. The Labute approximate surface area is 45.1 Å². The zero-order valence-electron chi connectivity index (χ0n) is 2.52. The van der Waals surface area contributed by atoms with Gasteiger partial charge in [-0.1, -0.05) is 0 Å². The molecule has 2 nitrogen and oxygen atoms in total. The van der Waals surface area contributed by atoms with Gasteiger partial charge in [0.2, 0.25) is 0 Å². The Morgan fingerprint density at radius 2 is 1.20 bits per heavy atom. The van der Waals surface area contributed by atoms with Crippen LogP contribution in [0.25, 0.3) is 0 Å². The van der Waals surface area contributed by atoms with Gasteiger partial charge in [-0.25, -0.2) is 0 Å². The van der Waals surface area contributed by atoms with Gasteiger partial charge in [0.05, 0.1) is 0 Å². The summed E-state index contributed by atoms with van der Waals surface area (Å²) in [6.07, 6.45) is 0. The molecule has 0 unspecified atom stereocenters. The van der Waals surface area contributed by atoms with Crippen molar-refractivity contribution in [1.82, 2.24) is 6.15 Å². The monoisotopic (exact) mass is 163 g/mol. The SMILES string of the molecule is [Cl][Ni][Cl].[NH4+].[OH-]. The summed E-state index contributed by atoms with van der Waals surface area (Å²) in [6.45, 7) is 0. The van der Waals surface area contributed by atoms with Gasteiger partial charge in [-0.05, 0) is 0 Å². The first kappa shape index (κ1) is 16.7. The van der Waals surface area contributed by atoms with E-state index in [4.69, 9.17) is 20.4 Å². The van der Waals surface area contributed by atoms with Crippen molar-refractivity contribution in [3.63, 3.8) is 0 Å². The fourth-order valence-electron chi connectivity index (χ4n) is 0. The van der Waals surface area contributed by atoms with Crippen molar-refractivity contribution in [2.24, 2.45) is 0 Å². The summed E-state index contributed by atoms with van der Waals surface area (Å²) in [5.41, 5.74) is 0. The predicted octanol–water partition coefficient (Wildman–Crippen LogP) is 1.58. The van der Waals surface area contributed by atoms with Crippen LogP contribution in [0, 0.1) is 0 Å². The molecule has 0 amide bonds. The number of halogens is 2. The van der Waals surface area contributed by atoms with Gasteiger partial charge in [-0.3, -0.25) is 0 Å². The molecule has 0 rings (SSSR count). The summed E-state index contributed by atoms with van der Waals surface area (Å²) in [6, 6.07) is 0. The van der Waals surface area contributed by atoms with Crippen molar-refractivity contribution in [2.45, 2.75) is 0 Å². The quantitative estimate of drug-likeness (QED) is 0.543.